The third kappa shape index (κ3) is 3.35. The van der Waals surface area contributed by atoms with Gasteiger partial charge in [-0.1, -0.05) is 11.6 Å². The van der Waals surface area contributed by atoms with E-state index in [0.29, 0.717) is 28.6 Å². The summed E-state index contributed by atoms with van der Waals surface area (Å²) in [5.41, 5.74) is 0.347. The number of halogens is 1. The number of amides is 1. The van der Waals surface area contributed by atoms with Gasteiger partial charge in [0.15, 0.2) is 5.69 Å². The van der Waals surface area contributed by atoms with E-state index in [2.05, 4.69) is 14.9 Å². The van der Waals surface area contributed by atoms with E-state index in [1.54, 1.807) is 6.20 Å². The predicted octanol–water partition coefficient (Wildman–Crippen LogP) is 2.37. The fraction of sp³-hybridized carbons (Fsp3) is 0.706. The Morgan fingerprint density at radius 3 is 2.79 bits per heavy atom. The van der Waals surface area contributed by atoms with Crippen LogP contribution >= 0.6 is 11.6 Å². The lowest BCUT2D eigenvalue weighted by Crippen LogP contribution is -2.38. The average Bonchev–Trinajstić information content (AvgIpc) is 3.07. The van der Waals surface area contributed by atoms with Crippen molar-refractivity contribution in [2.75, 3.05) is 37.7 Å². The fourth-order valence-corrected chi connectivity index (χ4v) is 3.67. The molecular formula is C17H23ClN4O2. The lowest BCUT2D eigenvalue weighted by molar-refractivity contribution is 0.0700. The Balaban J connectivity index is 1.55. The normalized spacial score (nSPS) is 23.7. The van der Waals surface area contributed by atoms with E-state index < -0.39 is 0 Å². The van der Waals surface area contributed by atoms with Crippen LogP contribution in [0.25, 0.3) is 0 Å². The Morgan fingerprint density at radius 1 is 1.33 bits per heavy atom. The summed E-state index contributed by atoms with van der Waals surface area (Å²) >= 11 is 6.27. The van der Waals surface area contributed by atoms with Gasteiger partial charge in [0.25, 0.3) is 5.91 Å². The van der Waals surface area contributed by atoms with Crippen molar-refractivity contribution in [3.05, 3.63) is 16.9 Å². The molecule has 4 rings (SSSR count). The molecule has 0 aromatic carbocycles. The Labute approximate surface area is 147 Å². The van der Waals surface area contributed by atoms with Crippen molar-refractivity contribution < 1.29 is 9.53 Å². The fourth-order valence-electron chi connectivity index (χ4n) is 3.50. The quantitative estimate of drug-likeness (QED) is 0.816. The van der Waals surface area contributed by atoms with E-state index in [1.165, 1.54) is 0 Å². The minimum Gasteiger partial charge on any atom is -0.381 e. The van der Waals surface area contributed by atoms with Gasteiger partial charge < -0.3 is 14.5 Å². The molecule has 0 bridgehead atoms. The van der Waals surface area contributed by atoms with Crippen LogP contribution in [0.5, 0.6) is 0 Å². The third-order valence-corrected chi connectivity index (χ3v) is 5.33. The average molecular weight is 351 g/mol. The SMILES string of the molecule is O=C(c1nc(N2CCCC2)ncc1Cl)N(CC1CCOC1)C1CC1. The second-order valence-electron chi connectivity index (χ2n) is 6.98. The highest BCUT2D eigenvalue weighted by Crippen LogP contribution is 2.31. The van der Waals surface area contributed by atoms with Crippen LogP contribution < -0.4 is 4.90 Å². The van der Waals surface area contributed by atoms with E-state index in [-0.39, 0.29) is 5.91 Å². The molecule has 6 nitrogen and oxygen atoms in total. The summed E-state index contributed by atoms with van der Waals surface area (Å²) in [7, 11) is 0. The van der Waals surface area contributed by atoms with Crippen molar-refractivity contribution in [1.29, 1.82) is 0 Å². The van der Waals surface area contributed by atoms with Crippen molar-refractivity contribution in [3.8, 4) is 0 Å². The molecule has 0 spiro atoms. The van der Waals surface area contributed by atoms with Gasteiger partial charge in [-0.15, -0.1) is 0 Å². The first kappa shape index (κ1) is 16.1. The monoisotopic (exact) mass is 350 g/mol. The first-order valence-electron chi connectivity index (χ1n) is 8.88. The minimum atomic E-state index is -0.0581. The molecule has 0 N–H and O–H groups in total. The van der Waals surface area contributed by atoms with Crippen LogP contribution in [0.15, 0.2) is 6.20 Å². The van der Waals surface area contributed by atoms with Gasteiger partial charge in [0, 0.05) is 38.2 Å². The predicted molar refractivity (Wildman–Crippen MR) is 91.5 cm³/mol. The molecular weight excluding hydrogens is 328 g/mol. The molecule has 1 aromatic heterocycles. The van der Waals surface area contributed by atoms with Gasteiger partial charge in [-0.3, -0.25) is 4.79 Å². The van der Waals surface area contributed by atoms with Gasteiger partial charge in [-0.25, -0.2) is 9.97 Å². The van der Waals surface area contributed by atoms with Crippen molar-refractivity contribution in [3.63, 3.8) is 0 Å². The summed E-state index contributed by atoms with van der Waals surface area (Å²) in [5, 5.41) is 0.344. The van der Waals surface area contributed by atoms with E-state index >= 15 is 0 Å². The summed E-state index contributed by atoms with van der Waals surface area (Å²) in [6, 6.07) is 0.333. The van der Waals surface area contributed by atoms with Crippen LogP contribution in [0, 0.1) is 5.92 Å². The first-order chi connectivity index (χ1) is 11.7. The number of nitrogens with zero attached hydrogens (tertiary/aromatic N) is 4. The third-order valence-electron chi connectivity index (χ3n) is 5.05. The molecule has 3 aliphatic rings. The second-order valence-corrected chi connectivity index (χ2v) is 7.39. The number of ether oxygens (including phenoxy) is 1. The molecule has 3 fully saturated rings. The topological polar surface area (TPSA) is 58.6 Å². The minimum absolute atomic E-state index is 0.0581. The highest BCUT2D eigenvalue weighted by Gasteiger charge is 2.36. The zero-order valence-corrected chi connectivity index (χ0v) is 14.5. The molecule has 1 atom stereocenters. The van der Waals surface area contributed by atoms with Crippen LogP contribution in [-0.4, -0.2) is 59.7 Å². The van der Waals surface area contributed by atoms with Gasteiger partial charge >= 0.3 is 0 Å². The van der Waals surface area contributed by atoms with Crippen molar-refractivity contribution in [1.82, 2.24) is 14.9 Å². The van der Waals surface area contributed by atoms with Gasteiger partial charge in [-0.05, 0) is 32.1 Å². The van der Waals surface area contributed by atoms with Crippen molar-refractivity contribution in [2.24, 2.45) is 5.92 Å². The van der Waals surface area contributed by atoms with Gasteiger partial charge in [-0.2, -0.15) is 0 Å². The summed E-state index contributed by atoms with van der Waals surface area (Å²) in [6.45, 7) is 4.17. The number of carbonyl (C=O) groups excluding carboxylic acids is 1. The Hall–Kier alpha value is -1.40. The molecule has 0 radical (unpaired) electrons. The molecule has 7 heteroatoms. The molecule has 1 aromatic rings. The summed E-state index contributed by atoms with van der Waals surface area (Å²) in [6.07, 6.45) is 7.02. The maximum atomic E-state index is 13.1. The van der Waals surface area contributed by atoms with E-state index in [9.17, 15) is 4.79 Å². The largest absolute Gasteiger partial charge is 0.381 e. The zero-order valence-electron chi connectivity index (χ0n) is 13.8. The van der Waals surface area contributed by atoms with E-state index in [1.807, 2.05) is 4.90 Å². The number of rotatable bonds is 5. The van der Waals surface area contributed by atoms with Crippen molar-refractivity contribution in [2.45, 2.75) is 38.1 Å². The van der Waals surface area contributed by atoms with E-state index in [4.69, 9.17) is 16.3 Å². The first-order valence-corrected chi connectivity index (χ1v) is 9.26. The Bertz CT molecular complexity index is 611. The van der Waals surface area contributed by atoms with Gasteiger partial charge in [0.1, 0.15) is 0 Å². The number of anilines is 1. The maximum Gasteiger partial charge on any atom is 0.274 e. The van der Waals surface area contributed by atoms with Crippen LogP contribution in [0.3, 0.4) is 0 Å². The number of carbonyl (C=O) groups is 1. The zero-order chi connectivity index (χ0) is 16.5. The summed E-state index contributed by atoms with van der Waals surface area (Å²) in [4.78, 5) is 26.0. The summed E-state index contributed by atoms with van der Waals surface area (Å²) < 4.78 is 5.46. The van der Waals surface area contributed by atoms with Crippen LogP contribution in [0.1, 0.15) is 42.6 Å². The Morgan fingerprint density at radius 2 is 2.12 bits per heavy atom. The summed E-state index contributed by atoms with van der Waals surface area (Å²) in [5.74, 6) is 0.991. The molecule has 2 saturated heterocycles. The van der Waals surface area contributed by atoms with Gasteiger partial charge in [0.2, 0.25) is 5.95 Å². The number of hydrogen-bond acceptors (Lipinski definition) is 5. The number of hydrogen-bond donors (Lipinski definition) is 0. The molecule has 24 heavy (non-hydrogen) atoms. The van der Waals surface area contributed by atoms with Gasteiger partial charge in [0.05, 0.1) is 17.8 Å². The van der Waals surface area contributed by atoms with Crippen LogP contribution in [-0.2, 0) is 4.74 Å². The van der Waals surface area contributed by atoms with Crippen LogP contribution in [0.4, 0.5) is 5.95 Å². The molecule has 1 saturated carbocycles. The lowest BCUT2D eigenvalue weighted by Gasteiger charge is -2.25. The molecule has 2 aliphatic heterocycles. The molecule has 1 aliphatic carbocycles. The van der Waals surface area contributed by atoms with Crippen LogP contribution in [0.2, 0.25) is 5.02 Å². The molecule has 3 heterocycles. The molecule has 130 valence electrons. The maximum absolute atomic E-state index is 13.1. The molecule has 1 amide bonds. The second kappa shape index (κ2) is 6.84. The number of aromatic nitrogens is 2. The van der Waals surface area contributed by atoms with E-state index in [0.717, 1.165) is 65.0 Å². The Kier molecular flexibility index (Phi) is 4.59. The highest BCUT2D eigenvalue weighted by atomic mass is 35.5. The standard InChI is InChI=1S/C17H23ClN4O2/c18-14-9-19-17(21-6-1-2-7-21)20-15(14)16(23)22(13-3-4-13)10-12-5-8-24-11-12/h9,12-13H,1-8,10-11H2. The molecule has 1 unspecified atom stereocenters. The smallest absolute Gasteiger partial charge is 0.274 e. The van der Waals surface area contributed by atoms with Crippen molar-refractivity contribution >= 4 is 23.5 Å². The highest BCUT2D eigenvalue weighted by molar-refractivity contribution is 6.33. The lowest BCUT2D eigenvalue weighted by atomic mass is 10.1.